The molecule has 0 aliphatic heterocycles. The molecule has 0 aliphatic carbocycles. The van der Waals surface area contributed by atoms with Crippen molar-refractivity contribution in [2.75, 3.05) is 25.5 Å². The molecule has 7 nitrogen and oxygen atoms in total. The van der Waals surface area contributed by atoms with E-state index in [-0.39, 0.29) is 11.5 Å². The first-order chi connectivity index (χ1) is 12.2. The molecule has 0 radical (unpaired) electrons. The molecule has 1 aromatic heterocycles. The van der Waals surface area contributed by atoms with E-state index >= 15 is 0 Å². The minimum Gasteiger partial charge on any atom is -0.497 e. The first-order valence-electron chi connectivity index (χ1n) is 7.82. The average Bonchev–Trinajstić information content (AvgIpc) is 2.65. The van der Waals surface area contributed by atoms with Gasteiger partial charge in [0.25, 0.3) is 11.5 Å². The van der Waals surface area contributed by atoms with Crippen LogP contribution in [0.4, 0.5) is 5.95 Å². The maximum atomic E-state index is 12.0. The van der Waals surface area contributed by atoms with Gasteiger partial charge in [0, 0.05) is 18.7 Å². The van der Waals surface area contributed by atoms with Crippen molar-refractivity contribution < 1.29 is 9.53 Å². The van der Waals surface area contributed by atoms with Crippen LogP contribution in [0.1, 0.15) is 10.4 Å². The predicted octanol–water partition coefficient (Wildman–Crippen LogP) is 1.77. The minimum atomic E-state index is -0.199. The number of nitrogens with zero attached hydrogens (tertiary/aromatic N) is 1. The van der Waals surface area contributed by atoms with Gasteiger partial charge in [0.15, 0.2) is 0 Å². The third kappa shape index (κ3) is 3.95. The Morgan fingerprint density at radius 2 is 1.88 bits per heavy atom. The van der Waals surface area contributed by atoms with Gasteiger partial charge < -0.3 is 15.4 Å². The fourth-order valence-corrected chi connectivity index (χ4v) is 2.37. The number of nitrogens with one attached hydrogen (secondary N) is 3. The number of para-hydroxylation sites is 1. The number of anilines is 1. The minimum absolute atomic E-state index is 0.176. The standard InChI is InChI=1S/C18H18N4O3/c1-25-13-8-6-12(7-9-13)16(23)19-10-11-20-18-21-15-5-3-2-4-14(15)17(24)22-18/h2-9H,10-11H2,1H3,(H,19,23)(H2,20,21,22,24). The summed E-state index contributed by atoms with van der Waals surface area (Å²) in [4.78, 5) is 31.0. The summed E-state index contributed by atoms with van der Waals surface area (Å²) in [5, 5.41) is 6.34. The highest BCUT2D eigenvalue weighted by Crippen LogP contribution is 2.11. The second-order valence-corrected chi connectivity index (χ2v) is 5.34. The number of H-pyrrole nitrogens is 1. The van der Waals surface area contributed by atoms with Crippen LogP contribution in [0.3, 0.4) is 0 Å². The highest BCUT2D eigenvalue weighted by molar-refractivity contribution is 5.94. The van der Waals surface area contributed by atoms with Gasteiger partial charge in [-0.15, -0.1) is 0 Å². The number of carbonyl (C=O) groups is 1. The molecule has 3 rings (SSSR count). The van der Waals surface area contributed by atoms with Crippen molar-refractivity contribution in [1.29, 1.82) is 0 Å². The van der Waals surface area contributed by atoms with E-state index in [2.05, 4.69) is 20.6 Å². The topological polar surface area (TPSA) is 96.1 Å². The van der Waals surface area contributed by atoms with Gasteiger partial charge >= 0.3 is 0 Å². The van der Waals surface area contributed by atoms with E-state index in [1.165, 1.54) is 0 Å². The molecule has 0 atom stereocenters. The summed E-state index contributed by atoms with van der Waals surface area (Å²) >= 11 is 0. The van der Waals surface area contributed by atoms with Crippen molar-refractivity contribution in [2.24, 2.45) is 0 Å². The number of aromatic amines is 1. The zero-order chi connectivity index (χ0) is 17.6. The van der Waals surface area contributed by atoms with Gasteiger partial charge in [0.1, 0.15) is 5.75 Å². The normalized spacial score (nSPS) is 10.4. The Labute approximate surface area is 144 Å². The summed E-state index contributed by atoms with van der Waals surface area (Å²) in [7, 11) is 1.58. The van der Waals surface area contributed by atoms with Crippen molar-refractivity contribution in [3.63, 3.8) is 0 Å². The van der Waals surface area contributed by atoms with Gasteiger partial charge in [0.05, 0.1) is 18.0 Å². The van der Waals surface area contributed by atoms with E-state index in [1.807, 2.05) is 6.07 Å². The Kier molecular flexibility index (Phi) is 4.94. The summed E-state index contributed by atoms with van der Waals surface area (Å²) < 4.78 is 5.06. The first kappa shape index (κ1) is 16.5. The molecule has 0 saturated heterocycles. The number of ether oxygens (including phenoxy) is 1. The summed E-state index contributed by atoms with van der Waals surface area (Å²) in [5.41, 5.74) is 0.976. The monoisotopic (exact) mass is 338 g/mol. The molecule has 25 heavy (non-hydrogen) atoms. The lowest BCUT2D eigenvalue weighted by atomic mass is 10.2. The highest BCUT2D eigenvalue weighted by Gasteiger charge is 2.05. The van der Waals surface area contributed by atoms with Gasteiger partial charge in [-0.2, -0.15) is 0 Å². The number of aromatic nitrogens is 2. The smallest absolute Gasteiger partial charge is 0.260 e. The zero-order valence-corrected chi connectivity index (χ0v) is 13.7. The van der Waals surface area contributed by atoms with E-state index in [0.717, 1.165) is 0 Å². The Morgan fingerprint density at radius 1 is 1.12 bits per heavy atom. The van der Waals surface area contributed by atoms with Gasteiger partial charge in [-0.05, 0) is 36.4 Å². The molecule has 0 unspecified atom stereocenters. The molecule has 3 aromatic rings. The predicted molar refractivity (Wildman–Crippen MR) is 96.2 cm³/mol. The molecule has 0 bridgehead atoms. The van der Waals surface area contributed by atoms with Crippen molar-refractivity contribution in [3.05, 3.63) is 64.4 Å². The second kappa shape index (κ2) is 7.48. The number of hydrogen-bond donors (Lipinski definition) is 3. The Bertz CT molecular complexity index is 935. The van der Waals surface area contributed by atoms with E-state index in [9.17, 15) is 9.59 Å². The van der Waals surface area contributed by atoms with Crippen molar-refractivity contribution in [3.8, 4) is 5.75 Å². The van der Waals surface area contributed by atoms with Crippen LogP contribution in [0.25, 0.3) is 10.9 Å². The third-order valence-corrected chi connectivity index (χ3v) is 3.67. The second-order valence-electron chi connectivity index (χ2n) is 5.34. The van der Waals surface area contributed by atoms with Crippen LogP contribution in [0, 0.1) is 0 Å². The van der Waals surface area contributed by atoms with E-state index in [0.29, 0.717) is 41.3 Å². The SMILES string of the molecule is COc1ccc(C(=O)NCCNc2nc3ccccc3c(=O)[nH]2)cc1. The summed E-state index contributed by atoms with van der Waals surface area (Å²) in [6.07, 6.45) is 0. The Morgan fingerprint density at radius 3 is 2.64 bits per heavy atom. The van der Waals surface area contributed by atoms with Crippen LogP contribution in [-0.2, 0) is 0 Å². The van der Waals surface area contributed by atoms with Crippen molar-refractivity contribution >= 4 is 22.8 Å². The van der Waals surface area contributed by atoms with Gasteiger partial charge in [-0.1, -0.05) is 12.1 Å². The molecule has 0 aliphatic rings. The third-order valence-electron chi connectivity index (χ3n) is 3.67. The van der Waals surface area contributed by atoms with Crippen LogP contribution in [-0.4, -0.2) is 36.1 Å². The fraction of sp³-hybridized carbons (Fsp3) is 0.167. The summed E-state index contributed by atoms with van der Waals surface area (Å²) in [6.45, 7) is 0.824. The maximum Gasteiger partial charge on any atom is 0.260 e. The number of carbonyl (C=O) groups excluding carboxylic acids is 1. The van der Waals surface area contributed by atoms with Gasteiger partial charge in [0.2, 0.25) is 5.95 Å². The molecule has 1 heterocycles. The van der Waals surface area contributed by atoms with E-state index in [1.54, 1.807) is 49.6 Å². The fourth-order valence-electron chi connectivity index (χ4n) is 2.37. The average molecular weight is 338 g/mol. The molecule has 0 fully saturated rings. The van der Waals surface area contributed by atoms with Crippen molar-refractivity contribution in [2.45, 2.75) is 0 Å². The number of fused-ring (bicyclic) bond motifs is 1. The summed E-state index contributed by atoms with van der Waals surface area (Å²) in [6, 6.07) is 14.0. The molecular formula is C18H18N4O3. The molecule has 3 N–H and O–H groups in total. The lowest BCUT2D eigenvalue weighted by Gasteiger charge is -2.08. The van der Waals surface area contributed by atoms with Crippen LogP contribution in [0.5, 0.6) is 5.75 Å². The van der Waals surface area contributed by atoms with Gasteiger partial charge in [-0.25, -0.2) is 4.98 Å². The first-order valence-corrected chi connectivity index (χ1v) is 7.82. The van der Waals surface area contributed by atoms with Crippen LogP contribution < -0.4 is 20.9 Å². The molecule has 0 saturated carbocycles. The molecule has 128 valence electrons. The number of benzene rings is 2. The van der Waals surface area contributed by atoms with E-state index in [4.69, 9.17) is 4.74 Å². The quantitative estimate of drug-likeness (QED) is 0.595. The number of hydrogen-bond acceptors (Lipinski definition) is 5. The largest absolute Gasteiger partial charge is 0.497 e. The summed E-state index contributed by atoms with van der Waals surface area (Å²) in [5.74, 6) is 0.899. The molecular weight excluding hydrogens is 320 g/mol. The van der Waals surface area contributed by atoms with Crippen LogP contribution in [0.2, 0.25) is 0 Å². The van der Waals surface area contributed by atoms with E-state index < -0.39 is 0 Å². The molecule has 7 heteroatoms. The Hall–Kier alpha value is -3.35. The number of methoxy groups -OCH3 is 1. The zero-order valence-electron chi connectivity index (χ0n) is 13.7. The lowest BCUT2D eigenvalue weighted by molar-refractivity contribution is 0.0955. The molecule has 1 amide bonds. The Balaban J connectivity index is 1.54. The maximum absolute atomic E-state index is 12.0. The van der Waals surface area contributed by atoms with Crippen molar-refractivity contribution in [1.82, 2.24) is 15.3 Å². The molecule has 2 aromatic carbocycles. The molecule has 0 spiro atoms. The number of rotatable bonds is 6. The number of amides is 1. The lowest BCUT2D eigenvalue weighted by Crippen LogP contribution is -2.29. The van der Waals surface area contributed by atoms with Gasteiger partial charge in [-0.3, -0.25) is 14.6 Å². The van der Waals surface area contributed by atoms with Crippen LogP contribution >= 0.6 is 0 Å². The highest BCUT2D eigenvalue weighted by atomic mass is 16.5. The van der Waals surface area contributed by atoms with Crippen LogP contribution in [0.15, 0.2) is 53.3 Å².